The minimum Gasteiger partial charge on any atom is -0.0664 e. The van der Waals surface area contributed by atoms with Gasteiger partial charge in [0.05, 0.1) is 0 Å². The van der Waals surface area contributed by atoms with Crippen molar-refractivity contribution in [3.63, 3.8) is 0 Å². The lowest BCUT2D eigenvalue weighted by Gasteiger charge is -1.90. The maximum Gasteiger partial charge on any atom is -0.0200 e. The SMILES string of the molecule is CCC/C(C)=C/Br. The highest BCUT2D eigenvalue weighted by molar-refractivity contribution is 9.11. The fourth-order valence-electron chi connectivity index (χ4n) is 0.449. The van der Waals surface area contributed by atoms with Gasteiger partial charge in [-0.1, -0.05) is 34.8 Å². The molecule has 0 aromatic rings. The van der Waals surface area contributed by atoms with Gasteiger partial charge in [0.15, 0.2) is 0 Å². The smallest absolute Gasteiger partial charge is 0.0200 e. The maximum atomic E-state index is 3.25. The zero-order chi connectivity index (χ0) is 5.70. The first kappa shape index (κ1) is 7.22. The van der Waals surface area contributed by atoms with E-state index in [1.165, 1.54) is 18.4 Å². The second-order valence-corrected chi connectivity index (χ2v) is 2.16. The Bertz CT molecular complexity index is 64.6. The van der Waals surface area contributed by atoms with E-state index in [9.17, 15) is 0 Å². The monoisotopic (exact) mass is 162 g/mol. The fraction of sp³-hybridized carbons (Fsp3) is 0.667. The summed E-state index contributed by atoms with van der Waals surface area (Å²) in [7, 11) is 0. The molecule has 0 rings (SSSR count). The summed E-state index contributed by atoms with van der Waals surface area (Å²) >= 11 is 3.25. The van der Waals surface area contributed by atoms with Crippen LogP contribution in [0.2, 0.25) is 0 Å². The van der Waals surface area contributed by atoms with E-state index in [0.717, 1.165) is 0 Å². The van der Waals surface area contributed by atoms with Gasteiger partial charge < -0.3 is 0 Å². The Kier molecular flexibility index (Phi) is 4.52. The number of hydrogen-bond acceptors (Lipinski definition) is 0. The van der Waals surface area contributed by atoms with Crippen molar-refractivity contribution in [2.24, 2.45) is 0 Å². The molecule has 0 aromatic carbocycles. The van der Waals surface area contributed by atoms with E-state index in [1.807, 2.05) is 4.99 Å². The van der Waals surface area contributed by atoms with Crippen LogP contribution < -0.4 is 0 Å². The Morgan fingerprint density at radius 3 is 2.43 bits per heavy atom. The van der Waals surface area contributed by atoms with Gasteiger partial charge in [-0.3, -0.25) is 0 Å². The predicted molar refractivity (Wildman–Crippen MR) is 37.6 cm³/mol. The molecule has 0 aliphatic heterocycles. The first-order valence-corrected chi connectivity index (χ1v) is 3.48. The van der Waals surface area contributed by atoms with Crippen molar-refractivity contribution in [1.82, 2.24) is 0 Å². The van der Waals surface area contributed by atoms with Gasteiger partial charge in [0.1, 0.15) is 0 Å². The van der Waals surface area contributed by atoms with Crippen molar-refractivity contribution < 1.29 is 0 Å². The molecular weight excluding hydrogens is 152 g/mol. The van der Waals surface area contributed by atoms with Gasteiger partial charge in [-0.15, -0.1) is 0 Å². The summed E-state index contributed by atoms with van der Waals surface area (Å²) in [5, 5.41) is 0. The van der Waals surface area contributed by atoms with Crippen molar-refractivity contribution in [2.75, 3.05) is 0 Å². The molecule has 0 amide bonds. The third-order valence-corrected chi connectivity index (χ3v) is 1.61. The molecule has 0 aliphatic carbocycles. The van der Waals surface area contributed by atoms with Gasteiger partial charge in [0, 0.05) is 0 Å². The quantitative estimate of drug-likeness (QED) is 0.586. The lowest BCUT2D eigenvalue weighted by atomic mass is 10.2. The van der Waals surface area contributed by atoms with Crippen molar-refractivity contribution in [2.45, 2.75) is 26.7 Å². The lowest BCUT2D eigenvalue weighted by molar-refractivity contribution is 0.909. The number of allylic oxidation sites excluding steroid dienone is 1. The molecule has 1 heteroatoms. The van der Waals surface area contributed by atoms with Gasteiger partial charge in [-0.05, 0) is 18.3 Å². The molecule has 0 bridgehead atoms. The van der Waals surface area contributed by atoms with Gasteiger partial charge >= 0.3 is 0 Å². The van der Waals surface area contributed by atoms with Crippen molar-refractivity contribution in [3.05, 3.63) is 10.6 Å². The minimum absolute atomic E-state index is 1.21. The van der Waals surface area contributed by atoms with Gasteiger partial charge in [-0.2, -0.15) is 0 Å². The predicted octanol–water partition coefficient (Wildman–Crippen LogP) is 3.09. The second-order valence-electron chi connectivity index (χ2n) is 1.71. The minimum atomic E-state index is 1.21. The number of hydrogen-bond donors (Lipinski definition) is 0. The highest BCUT2D eigenvalue weighted by atomic mass is 79.9. The molecule has 7 heavy (non-hydrogen) atoms. The summed E-state index contributed by atoms with van der Waals surface area (Å²) in [6.45, 7) is 4.30. The van der Waals surface area contributed by atoms with Crippen molar-refractivity contribution in [1.29, 1.82) is 0 Å². The number of halogens is 1. The normalized spacial score (nSPS) is 12.1. The molecule has 0 N–H and O–H groups in total. The topological polar surface area (TPSA) is 0 Å². The Labute approximate surface area is 53.7 Å². The molecular formula is C6H11Br. The van der Waals surface area contributed by atoms with Crippen LogP contribution in [0, 0.1) is 0 Å². The molecule has 0 radical (unpaired) electrons. The van der Waals surface area contributed by atoms with E-state index in [2.05, 4.69) is 29.8 Å². The van der Waals surface area contributed by atoms with Crippen LogP contribution in [0.5, 0.6) is 0 Å². The molecule has 0 saturated carbocycles. The van der Waals surface area contributed by atoms with Crippen LogP contribution in [0.3, 0.4) is 0 Å². The van der Waals surface area contributed by atoms with E-state index in [-0.39, 0.29) is 0 Å². The van der Waals surface area contributed by atoms with Crippen LogP contribution in [0.1, 0.15) is 26.7 Å². The first-order valence-electron chi connectivity index (χ1n) is 2.57. The summed E-state index contributed by atoms with van der Waals surface area (Å²) in [5.41, 5.74) is 1.42. The Balaban J connectivity index is 3.17. The maximum absolute atomic E-state index is 3.25. The number of rotatable bonds is 2. The Morgan fingerprint density at radius 1 is 1.71 bits per heavy atom. The molecule has 0 spiro atoms. The summed E-state index contributed by atoms with van der Waals surface area (Å²) < 4.78 is 0. The Hall–Kier alpha value is 0.220. The van der Waals surface area contributed by atoms with E-state index in [1.54, 1.807) is 0 Å². The van der Waals surface area contributed by atoms with Crippen molar-refractivity contribution in [3.8, 4) is 0 Å². The molecule has 0 aliphatic rings. The lowest BCUT2D eigenvalue weighted by Crippen LogP contribution is -1.69. The largest absolute Gasteiger partial charge is 0.0664 e. The molecule has 0 aromatic heterocycles. The van der Waals surface area contributed by atoms with Crippen LogP contribution in [-0.4, -0.2) is 0 Å². The van der Waals surface area contributed by atoms with Gasteiger partial charge in [-0.25, -0.2) is 0 Å². The van der Waals surface area contributed by atoms with E-state index < -0.39 is 0 Å². The van der Waals surface area contributed by atoms with Crippen LogP contribution in [0.4, 0.5) is 0 Å². The molecule has 0 nitrogen and oxygen atoms in total. The molecule has 0 heterocycles. The van der Waals surface area contributed by atoms with E-state index in [4.69, 9.17) is 0 Å². The summed E-state index contributed by atoms with van der Waals surface area (Å²) in [5.74, 6) is 0. The summed E-state index contributed by atoms with van der Waals surface area (Å²) in [6, 6.07) is 0. The van der Waals surface area contributed by atoms with E-state index >= 15 is 0 Å². The average Bonchev–Trinajstić information content (AvgIpc) is 1.68. The van der Waals surface area contributed by atoms with Gasteiger partial charge in [0.2, 0.25) is 0 Å². The van der Waals surface area contributed by atoms with Crippen molar-refractivity contribution >= 4 is 15.9 Å². The first-order chi connectivity index (χ1) is 3.31. The van der Waals surface area contributed by atoms with Crippen LogP contribution >= 0.6 is 15.9 Å². The zero-order valence-electron chi connectivity index (χ0n) is 4.87. The molecule has 0 saturated heterocycles. The Morgan fingerprint density at radius 2 is 2.29 bits per heavy atom. The fourth-order valence-corrected chi connectivity index (χ4v) is 0.678. The van der Waals surface area contributed by atoms with E-state index in [0.29, 0.717) is 0 Å². The molecule has 0 atom stereocenters. The third-order valence-electron chi connectivity index (χ3n) is 0.831. The zero-order valence-corrected chi connectivity index (χ0v) is 6.46. The molecule has 0 fully saturated rings. The molecule has 0 unspecified atom stereocenters. The summed E-state index contributed by atoms with van der Waals surface area (Å²) in [6.07, 6.45) is 2.46. The standard InChI is InChI=1S/C6H11Br/c1-3-4-6(2)5-7/h5H,3-4H2,1-2H3/b6-5+. The molecule has 42 valence electrons. The second kappa shape index (κ2) is 4.38. The average molecular weight is 163 g/mol. The van der Waals surface area contributed by atoms with Gasteiger partial charge in [0.25, 0.3) is 0 Å². The summed E-state index contributed by atoms with van der Waals surface area (Å²) in [4.78, 5) is 1.98. The van der Waals surface area contributed by atoms with Crippen LogP contribution in [0.25, 0.3) is 0 Å². The highest BCUT2D eigenvalue weighted by Gasteiger charge is 1.80. The third kappa shape index (κ3) is 4.07. The van der Waals surface area contributed by atoms with Crippen LogP contribution in [0.15, 0.2) is 10.6 Å². The van der Waals surface area contributed by atoms with Crippen LogP contribution in [-0.2, 0) is 0 Å². The highest BCUT2D eigenvalue weighted by Crippen LogP contribution is 2.04.